The molecule has 2 saturated heterocycles. The monoisotopic (exact) mass is 561 g/mol. The zero-order valence-electron chi connectivity index (χ0n) is 22.8. The van der Waals surface area contributed by atoms with Crippen LogP contribution in [0, 0.1) is 11.7 Å². The second-order valence-electron chi connectivity index (χ2n) is 10.2. The van der Waals surface area contributed by atoms with Crippen molar-refractivity contribution in [2.75, 3.05) is 51.8 Å². The molecule has 5 heterocycles. The van der Waals surface area contributed by atoms with Gasteiger partial charge in [-0.05, 0) is 49.5 Å². The smallest absolute Gasteiger partial charge is 0.230 e. The normalized spacial score (nSPS) is 19.8. The SMILES string of the molecule is CN1CCN(C(=O)C2COC(Cc3nc(-c4ccc(F)cc4)c(-c4ccnc(NCc5ccco5)n4)[nH]3)OC2)CC1. The standard InChI is InChI=1S/C29H32FN7O4/c1-36-10-12-37(13-11-36)28(38)20-17-40-25(41-18-20)15-24-34-26(19-4-6-21(30)7-5-19)27(35-24)23-8-9-31-29(33-23)32-16-22-3-2-14-39-22/h2-9,14,20,25H,10-13,15-18H2,1H3,(H,34,35)(H,31,32,33). The number of carbonyl (C=O) groups excluding carboxylic acids is 1. The van der Waals surface area contributed by atoms with Crippen molar-refractivity contribution < 1.29 is 23.1 Å². The van der Waals surface area contributed by atoms with E-state index in [2.05, 4.69) is 32.2 Å². The summed E-state index contributed by atoms with van der Waals surface area (Å²) in [6.07, 6.45) is 3.06. The van der Waals surface area contributed by atoms with E-state index in [1.54, 1.807) is 30.7 Å². The second kappa shape index (κ2) is 12.2. The molecule has 0 unspecified atom stereocenters. The Kier molecular flexibility index (Phi) is 8.03. The summed E-state index contributed by atoms with van der Waals surface area (Å²) in [4.78, 5) is 34.2. The summed E-state index contributed by atoms with van der Waals surface area (Å²) in [5, 5.41) is 3.16. The van der Waals surface area contributed by atoms with E-state index in [-0.39, 0.29) is 17.6 Å². The molecule has 0 bridgehead atoms. The molecular formula is C29H32FN7O4. The zero-order valence-corrected chi connectivity index (χ0v) is 22.8. The molecule has 214 valence electrons. The Bertz CT molecular complexity index is 1440. The topological polar surface area (TPSA) is 122 Å². The summed E-state index contributed by atoms with van der Waals surface area (Å²) >= 11 is 0. The van der Waals surface area contributed by atoms with Crippen LogP contribution in [0.4, 0.5) is 10.3 Å². The number of aromatic amines is 1. The van der Waals surface area contributed by atoms with E-state index in [0.29, 0.717) is 55.0 Å². The highest BCUT2D eigenvalue weighted by atomic mass is 19.1. The molecule has 1 aromatic carbocycles. The number of ether oxygens (including phenoxy) is 2. The molecule has 0 saturated carbocycles. The number of piperazine rings is 1. The van der Waals surface area contributed by atoms with Crippen molar-refractivity contribution in [3.8, 4) is 22.6 Å². The van der Waals surface area contributed by atoms with Gasteiger partial charge in [-0.25, -0.2) is 19.3 Å². The third-order valence-electron chi connectivity index (χ3n) is 7.27. The number of carbonyl (C=O) groups is 1. The van der Waals surface area contributed by atoms with Crippen LogP contribution in [-0.2, 0) is 27.2 Å². The summed E-state index contributed by atoms with van der Waals surface area (Å²) in [5.74, 6) is 1.24. The Hall–Kier alpha value is -4.13. The fourth-order valence-corrected chi connectivity index (χ4v) is 4.93. The molecule has 0 atom stereocenters. The molecule has 0 aliphatic carbocycles. The van der Waals surface area contributed by atoms with Crippen LogP contribution in [0.2, 0.25) is 0 Å². The minimum Gasteiger partial charge on any atom is -0.467 e. The van der Waals surface area contributed by atoms with Crippen molar-refractivity contribution >= 4 is 11.9 Å². The molecular weight excluding hydrogens is 529 g/mol. The van der Waals surface area contributed by atoms with Crippen LogP contribution < -0.4 is 5.32 Å². The fourth-order valence-electron chi connectivity index (χ4n) is 4.93. The molecule has 0 radical (unpaired) electrons. The number of hydrogen-bond donors (Lipinski definition) is 2. The Morgan fingerprint density at radius 3 is 2.59 bits per heavy atom. The van der Waals surface area contributed by atoms with E-state index >= 15 is 0 Å². The molecule has 1 amide bonds. The largest absolute Gasteiger partial charge is 0.467 e. The van der Waals surface area contributed by atoms with Crippen LogP contribution in [0.15, 0.2) is 59.3 Å². The van der Waals surface area contributed by atoms with E-state index < -0.39 is 6.29 Å². The molecule has 11 nitrogen and oxygen atoms in total. The Labute approximate surface area is 236 Å². The summed E-state index contributed by atoms with van der Waals surface area (Å²) in [7, 11) is 2.06. The Morgan fingerprint density at radius 2 is 1.85 bits per heavy atom. The highest BCUT2D eigenvalue weighted by Crippen LogP contribution is 2.30. The van der Waals surface area contributed by atoms with Gasteiger partial charge in [0.05, 0.1) is 55.4 Å². The molecule has 2 aliphatic heterocycles. The molecule has 0 spiro atoms. The van der Waals surface area contributed by atoms with E-state index in [0.717, 1.165) is 37.5 Å². The number of rotatable bonds is 8. The third-order valence-corrected chi connectivity index (χ3v) is 7.27. The number of likely N-dealkylation sites (N-methyl/N-ethyl adjacent to an activating group) is 1. The van der Waals surface area contributed by atoms with Crippen molar-refractivity contribution in [1.29, 1.82) is 0 Å². The highest BCUT2D eigenvalue weighted by molar-refractivity contribution is 5.79. The summed E-state index contributed by atoms with van der Waals surface area (Å²) in [6.45, 7) is 4.21. The number of halogens is 1. The number of hydrogen-bond acceptors (Lipinski definition) is 9. The number of aromatic nitrogens is 4. The number of nitrogens with zero attached hydrogens (tertiary/aromatic N) is 5. The predicted octanol–water partition coefficient (Wildman–Crippen LogP) is 3.18. The van der Waals surface area contributed by atoms with Gasteiger partial charge in [-0.15, -0.1) is 0 Å². The summed E-state index contributed by atoms with van der Waals surface area (Å²) < 4.78 is 31.0. The van der Waals surface area contributed by atoms with E-state index in [9.17, 15) is 9.18 Å². The maximum atomic E-state index is 13.7. The first-order chi connectivity index (χ1) is 20.0. The van der Waals surface area contributed by atoms with Crippen LogP contribution >= 0.6 is 0 Å². The van der Waals surface area contributed by atoms with Gasteiger partial charge in [0.1, 0.15) is 17.4 Å². The van der Waals surface area contributed by atoms with E-state index in [1.807, 2.05) is 17.0 Å². The van der Waals surface area contributed by atoms with Gasteiger partial charge in [0, 0.05) is 37.9 Å². The molecule has 2 N–H and O–H groups in total. The van der Waals surface area contributed by atoms with Crippen molar-refractivity contribution in [2.45, 2.75) is 19.3 Å². The summed E-state index contributed by atoms with van der Waals surface area (Å²) in [5.41, 5.74) is 2.63. The van der Waals surface area contributed by atoms with Gasteiger partial charge in [-0.2, -0.15) is 0 Å². The van der Waals surface area contributed by atoms with Gasteiger partial charge in [0.25, 0.3) is 0 Å². The van der Waals surface area contributed by atoms with Crippen molar-refractivity contribution in [3.05, 3.63) is 72.3 Å². The lowest BCUT2D eigenvalue weighted by Crippen LogP contribution is -2.51. The van der Waals surface area contributed by atoms with Crippen LogP contribution in [-0.4, -0.2) is 88.4 Å². The predicted molar refractivity (Wildman–Crippen MR) is 148 cm³/mol. The number of anilines is 1. The lowest BCUT2D eigenvalue weighted by atomic mass is 10.1. The molecule has 4 aromatic rings. The molecule has 3 aromatic heterocycles. The number of amides is 1. The Balaban J connectivity index is 1.17. The second-order valence-corrected chi connectivity index (χ2v) is 10.2. The quantitative estimate of drug-likeness (QED) is 0.334. The number of benzene rings is 1. The average molecular weight is 562 g/mol. The van der Waals surface area contributed by atoms with Gasteiger partial charge >= 0.3 is 0 Å². The molecule has 41 heavy (non-hydrogen) atoms. The van der Waals surface area contributed by atoms with Crippen molar-refractivity contribution in [2.24, 2.45) is 5.92 Å². The maximum absolute atomic E-state index is 13.7. The van der Waals surface area contributed by atoms with Crippen LogP contribution in [0.5, 0.6) is 0 Å². The number of imidazole rings is 1. The lowest BCUT2D eigenvalue weighted by Gasteiger charge is -2.36. The molecule has 2 fully saturated rings. The van der Waals surface area contributed by atoms with Gasteiger partial charge in [-0.3, -0.25) is 4.79 Å². The molecule has 2 aliphatic rings. The highest BCUT2D eigenvalue weighted by Gasteiger charge is 2.32. The average Bonchev–Trinajstić information content (AvgIpc) is 3.68. The van der Waals surface area contributed by atoms with Gasteiger partial charge in [0.15, 0.2) is 6.29 Å². The Morgan fingerprint density at radius 1 is 1.07 bits per heavy atom. The third kappa shape index (κ3) is 6.45. The maximum Gasteiger partial charge on any atom is 0.230 e. The van der Waals surface area contributed by atoms with Crippen LogP contribution in [0.3, 0.4) is 0 Å². The number of nitrogens with one attached hydrogen (secondary N) is 2. The van der Waals surface area contributed by atoms with Crippen LogP contribution in [0.1, 0.15) is 11.6 Å². The summed E-state index contributed by atoms with van der Waals surface area (Å²) in [6, 6.07) is 11.6. The lowest BCUT2D eigenvalue weighted by molar-refractivity contribution is -0.204. The van der Waals surface area contributed by atoms with Gasteiger partial charge < -0.3 is 34.0 Å². The van der Waals surface area contributed by atoms with Crippen molar-refractivity contribution in [1.82, 2.24) is 29.7 Å². The fraction of sp³-hybridized carbons (Fsp3) is 0.379. The molecule has 6 rings (SSSR count). The van der Waals surface area contributed by atoms with Crippen molar-refractivity contribution in [3.63, 3.8) is 0 Å². The first kappa shape index (κ1) is 27.1. The van der Waals surface area contributed by atoms with Crippen LogP contribution in [0.25, 0.3) is 22.6 Å². The molecule has 12 heteroatoms. The van der Waals surface area contributed by atoms with E-state index in [4.69, 9.17) is 18.9 Å². The van der Waals surface area contributed by atoms with Gasteiger partial charge in [0.2, 0.25) is 11.9 Å². The number of furan rings is 1. The minimum absolute atomic E-state index is 0.0793. The number of H-pyrrole nitrogens is 1. The van der Waals surface area contributed by atoms with E-state index in [1.165, 1.54) is 12.1 Å². The first-order valence-corrected chi connectivity index (χ1v) is 13.7. The first-order valence-electron chi connectivity index (χ1n) is 13.7. The minimum atomic E-state index is -0.553. The zero-order chi connectivity index (χ0) is 28.2. The van der Waals surface area contributed by atoms with Gasteiger partial charge in [-0.1, -0.05) is 0 Å².